The number of benzene rings is 2. The first-order valence-corrected chi connectivity index (χ1v) is 7.08. The van der Waals surface area contributed by atoms with Crippen LogP contribution in [0.3, 0.4) is 0 Å². The van der Waals surface area contributed by atoms with E-state index in [1.807, 2.05) is 18.2 Å². The molecule has 0 saturated carbocycles. The van der Waals surface area contributed by atoms with E-state index in [9.17, 15) is 14.0 Å². The van der Waals surface area contributed by atoms with Gasteiger partial charge in [0.05, 0.1) is 12.1 Å². The summed E-state index contributed by atoms with van der Waals surface area (Å²) in [6.45, 7) is 0. The summed E-state index contributed by atoms with van der Waals surface area (Å²) in [4.78, 5) is 25.6. The molecule has 0 aliphatic rings. The van der Waals surface area contributed by atoms with Gasteiger partial charge in [0.1, 0.15) is 5.82 Å². The molecule has 0 aromatic heterocycles. The van der Waals surface area contributed by atoms with Gasteiger partial charge in [0, 0.05) is 17.1 Å². The van der Waals surface area contributed by atoms with Crippen LogP contribution in [0.4, 0.5) is 10.1 Å². The first-order chi connectivity index (χ1) is 9.99. The number of anilines is 1. The highest BCUT2D eigenvalue weighted by Gasteiger charge is 2.18. The predicted octanol–water partition coefficient (Wildman–Crippen LogP) is 3.82. The molecule has 2 aromatic carbocycles. The van der Waals surface area contributed by atoms with Gasteiger partial charge in [-0.1, -0.05) is 12.1 Å². The molecular formula is C16H13BrFNO2. The molecule has 0 N–H and O–H groups in total. The third-order valence-electron chi connectivity index (χ3n) is 3.07. The zero-order chi connectivity index (χ0) is 15.4. The van der Waals surface area contributed by atoms with Crippen molar-refractivity contribution in [2.75, 3.05) is 11.9 Å². The molecule has 0 unspecified atom stereocenters. The van der Waals surface area contributed by atoms with Crippen LogP contribution in [-0.4, -0.2) is 18.7 Å². The molecule has 21 heavy (non-hydrogen) atoms. The molecule has 0 spiro atoms. The molecule has 1 amide bonds. The van der Waals surface area contributed by atoms with Crippen molar-refractivity contribution in [2.24, 2.45) is 0 Å². The van der Waals surface area contributed by atoms with E-state index in [1.165, 1.54) is 29.2 Å². The van der Waals surface area contributed by atoms with Crippen LogP contribution in [0.2, 0.25) is 0 Å². The van der Waals surface area contributed by atoms with Gasteiger partial charge in [0.2, 0.25) is 5.91 Å². The van der Waals surface area contributed by atoms with Crippen molar-refractivity contribution in [3.8, 4) is 0 Å². The molecule has 0 aliphatic carbocycles. The molecule has 2 aromatic rings. The van der Waals surface area contributed by atoms with Gasteiger partial charge in [0.25, 0.3) is 0 Å². The standard InChI is InChI=1S/C16H13BrFNO2/c1-19(14-5-3-2-4-13(14)17)16(21)10-15(20)11-6-8-12(18)9-7-11/h2-9H,10H2,1H3. The summed E-state index contributed by atoms with van der Waals surface area (Å²) >= 11 is 3.36. The first-order valence-electron chi connectivity index (χ1n) is 6.29. The zero-order valence-electron chi connectivity index (χ0n) is 11.3. The summed E-state index contributed by atoms with van der Waals surface area (Å²) in [5.41, 5.74) is 1.01. The Morgan fingerprint density at radius 2 is 1.71 bits per heavy atom. The van der Waals surface area contributed by atoms with Gasteiger partial charge in [-0.05, 0) is 52.3 Å². The maximum atomic E-state index is 12.8. The SMILES string of the molecule is CN(C(=O)CC(=O)c1ccc(F)cc1)c1ccccc1Br. The van der Waals surface area contributed by atoms with E-state index < -0.39 is 5.82 Å². The van der Waals surface area contributed by atoms with Crippen LogP contribution in [0.15, 0.2) is 53.0 Å². The number of amides is 1. The van der Waals surface area contributed by atoms with Crippen molar-refractivity contribution in [3.63, 3.8) is 0 Å². The maximum absolute atomic E-state index is 12.8. The van der Waals surface area contributed by atoms with Gasteiger partial charge in [-0.25, -0.2) is 4.39 Å². The van der Waals surface area contributed by atoms with Crippen LogP contribution in [0.25, 0.3) is 0 Å². The van der Waals surface area contributed by atoms with Gasteiger partial charge >= 0.3 is 0 Å². The van der Waals surface area contributed by atoms with Gasteiger partial charge < -0.3 is 4.90 Å². The number of hydrogen-bond acceptors (Lipinski definition) is 2. The fraction of sp³-hybridized carbons (Fsp3) is 0.125. The fourth-order valence-corrected chi connectivity index (χ4v) is 2.40. The number of ketones is 1. The second kappa shape index (κ2) is 6.63. The number of hydrogen-bond donors (Lipinski definition) is 0. The molecule has 3 nitrogen and oxygen atoms in total. The van der Waals surface area contributed by atoms with Crippen LogP contribution in [0.5, 0.6) is 0 Å². The van der Waals surface area contributed by atoms with Gasteiger partial charge in [-0.15, -0.1) is 0 Å². The molecule has 2 rings (SSSR count). The molecule has 0 bridgehead atoms. The molecule has 5 heteroatoms. The highest BCUT2D eigenvalue weighted by Crippen LogP contribution is 2.25. The van der Waals surface area contributed by atoms with Crippen LogP contribution in [0, 0.1) is 5.82 Å². The van der Waals surface area contributed by atoms with E-state index >= 15 is 0 Å². The lowest BCUT2D eigenvalue weighted by atomic mass is 10.1. The van der Waals surface area contributed by atoms with Crippen molar-refractivity contribution >= 4 is 33.3 Å². The maximum Gasteiger partial charge on any atom is 0.234 e. The Morgan fingerprint density at radius 1 is 1.10 bits per heavy atom. The Balaban J connectivity index is 2.09. The highest BCUT2D eigenvalue weighted by molar-refractivity contribution is 9.10. The molecule has 0 radical (unpaired) electrons. The Morgan fingerprint density at radius 3 is 2.33 bits per heavy atom. The Hall–Kier alpha value is -2.01. The minimum absolute atomic E-state index is 0.260. The third kappa shape index (κ3) is 3.76. The van der Waals surface area contributed by atoms with Gasteiger partial charge in [-0.2, -0.15) is 0 Å². The number of para-hydroxylation sites is 1. The summed E-state index contributed by atoms with van der Waals surface area (Å²) in [5, 5.41) is 0. The monoisotopic (exact) mass is 349 g/mol. The van der Waals surface area contributed by atoms with Crippen molar-refractivity contribution in [3.05, 3.63) is 64.4 Å². The zero-order valence-corrected chi connectivity index (χ0v) is 12.9. The summed E-state index contributed by atoms with van der Waals surface area (Å²) in [6, 6.07) is 12.4. The van der Waals surface area contributed by atoms with E-state index in [0.717, 1.165) is 4.47 Å². The molecular weight excluding hydrogens is 337 g/mol. The summed E-state index contributed by atoms with van der Waals surface area (Å²) in [5.74, 6) is -1.07. The van der Waals surface area contributed by atoms with Crippen molar-refractivity contribution in [1.82, 2.24) is 0 Å². The van der Waals surface area contributed by atoms with E-state index in [1.54, 1.807) is 13.1 Å². The normalized spacial score (nSPS) is 10.2. The Labute approximate surface area is 130 Å². The van der Waals surface area contributed by atoms with E-state index in [0.29, 0.717) is 11.3 Å². The Bertz CT molecular complexity index is 670. The number of rotatable bonds is 4. The minimum Gasteiger partial charge on any atom is -0.314 e. The summed E-state index contributed by atoms with van der Waals surface area (Å²) < 4.78 is 13.6. The van der Waals surface area contributed by atoms with E-state index in [4.69, 9.17) is 0 Å². The largest absolute Gasteiger partial charge is 0.314 e. The molecule has 0 fully saturated rings. The average molecular weight is 350 g/mol. The first kappa shape index (κ1) is 15.4. The second-order valence-electron chi connectivity index (χ2n) is 4.51. The predicted molar refractivity (Wildman–Crippen MR) is 82.9 cm³/mol. The van der Waals surface area contributed by atoms with Crippen molar-refractivity contribution < 1.29 is 14.0 Å². The topological polar surface area (TPSA) is 37.4 Å². The van der Waals surface area contributed by atoms with E-state index in [2.05, 4.69) is 15.9 Å². The molecule has 0 saturated heterocycles. The smallest absolute Gasteiger partial charge is 0.234 e. The van der Waals surface area contributed by atoms with Gasteiger partial charge in [0.15, 0.2) is 5.78 Å². The minimum atomic E-state index is -0.414. The molecule has 0 atom stereocenters. The quantitative estimate of drug-likeness (QED) is 0.621. The van der Waals surface area contributed by atoms with Crippen molar-refractivity contribution in [2.45, 2.75) is 6.42 Å². The lowest BCUT2D eigenvalue weighted by molar-refractivity contribution is -0.117. The summed E-state index contributed by atoms with van der Waals surface area (Å²) in [6.07, 6.45) is -0.260. The van der Waals surface area contributed by atoms with Crippen molar-refractivity contribution in [1.29, 1.82) is 0 Å². The number of carbonyl (C=O) groups excluding carboxylic acids is 2. The lowest BCUT2D eigenvalue weighted by Gasteiger charge is -2.18. The number of carbonyl (C=O) groups is 2. The van der Waals surface area contributed by atoms with E-state index in [-0.39, 0.29) is 18.1 Å². The summed E-state index contributed by atoms with van der Waals surface area (Å²) in [7, 11) is 1.61. The second-order valence-corrected chi connectivity index (χ2v) is 5.37. The highest BCUT2D eigenvalue weighted by atomic mass is 79.9. The average Bonchev–Trinajstić information content (AvgIpc) is 2.47. The van der Waals surface area contributed by atoms with Gasteiger partial charge in [-0.3, -0.25) is 9.59 Å². The van der Waals surface area contributed by atoms with Crippen LogP contribution >= 0.6 is 15.9 Å². The van der Waals surface area contributed by atoms with Crippen LogP contribution < -0.4 is 4.90 Å². The molecule has 0 heterocycles. The fourth-order valence-electron chi connectivity index (χ4n) is 1.85. The number of nitrogens with zero attached hydrogens (tertiary/aromatic N) is 1. The third-order valence-corrected chi connectivity index (χ3v) is 3.74. The number of halogens is 2. The lowest BCUT2D eigenvalue weighted by Crippen LogP contribution is -2.28. The number of Topliss-reactive ketones (excluding diaryl/α,β-unsaturated/α-hetero) is 1. The van der Waals surface area contributed by atoms with Crippen LogP contribution in [0.1, 0.15) is 16.8 Å². The molecule has 108 valence electrons. The van der Waals surface area contributed by atoms with Crippen LogP contribution in [-0.2, 0) is 4.79 Å². The molecule has 0 aliphatic heterocycles. The Kier molecular flexibility index (Phi) is 4.85.